The maximum Gasteiger partial charge on any atom is 0.234 e. The minimum absolute atomic E-state index is 0.0825. The number of nitrogens with zero attached hydrogens (tertiary/aromatic N) is 6. The van der Waals surface area contributed by atoms with E-state index in [1.807, 2.05) is 15.9 Å². The molecule has 0 aromatic carbocycles. The number of aromatic nitrogens is 3. The molecule has 2 aromatic heterocycles. The zero-order valence-corrected chi connectivity index (χ0v) is 14.1. The second-order valence-electron chi connectivity index (χ2n) is 4.86. The number of carbonyl (C=O) groups excluding carboxylic acids is 1. The Bertz CT molecular complexity index is 715. The fourth-order valence-corrected chi connectivity index (χ4v) is 3.69. The third-order valence-corrected chi connectivity index (χ3v) is 5.25. The van der Waals surface area contributed by atoms with Gasteiger partial charge in [0, 0.05) is 33.1 Å². The van der Waals surface area contributed by atoms with Crippen molar-refractivity contribution in [3.63, 3.8) is 0 Å². The van der Waals surface area contributed by atoms with Crippen molar-refractivity contribution in [2.75, 3.05) is 36.8 Å². The normalized spacial score (nSPS) is 14.8. The van der Waals surface area contributed by atoms with Gasteiger partial charge in [0.05, 0.1) is 5.75 Å². The van der Waals surface area contributed by atoms with Crippen molar-refractivity contribution in [2.24, 2.45) is 0 Å². The number of aryl methyl sites for hydroxylation is 1. The number of amides is 1. The van der Waals surface area contributed by atoms with Crippen LogP contribution in [0.2, 0.25) is 0 Å². The van der Waals surface area contributed by atoms with E-state index in [4.69, 9.17) is 9.68 Å². The largest absolute Gasteiger partial charge is 0.424 e. The quantitative estimate of drug-likeness (QED) is 0.757. The number of carbonyl (C=O) groups is 1. The van der Waals surface area contributed by atoms with Gasteiger partial charge in [-0.05, 0) is 0 Å². The highest BCUT2D eigenvalue weighted by molar-refractivity contribution is 8.01. The van der Waals surface area contributed by atoms with Crippen molar-refractivity contribution in [3.05, 3.63) is 17.1 Å². The number of rotatable bonds is 4. The number of piperazine rings is 1. The molecule has 1 aliphatic rings. The van der Waals surface area contributed by atoms with E-state index in [0.717, 1.165) is 4.34 Å². The van der Waals surface area contributed by atoms with Crippen LogP contribution in [0.4, 0.5) is 5.88 Å². The molecule has 23 heavy (non-hydrogen) atoms. The molecular formula is C13H14N6O2S2. The Labute approximate surface area is 141 Å². The molecule has 0 radical (unpaired) electrons. The van der Waals surface area contributed by atoms with Crippen molar-refractivity contribution >= 4 is 34.9 Å². The van der Waals surface area contributed by atoms with Crippen LogP contribution in [0.15, 0.2) is 14.3 Å². The summed E-state index contributed by atoms with van der Waals surface area (Å²) in [5.41, 5.74) is 1.95. The summed E-state index contributed by atoms with van der Waals surface area (Å²) < 4.78 is 6.31. The first-order chi connectivity index (χ1) is 11.2. The van der Waals surface area contributed by atoms with Crippen molar-refractivity contribution in [2.45, 2.75) is 11.3 Å². The molecule has 0 aliphatic carbocycles. The van der Waals surface area contributed by atoms with Crippen LogP contribution < -0.4 is 4.90 Å². The molecule has 0 unspecified atom stereocenters. The summed E-state index contributed by atoms with van der Waals surface area (Å²) in [6.07, 6.45) is 0. The van der Waals surface area contributed by atoms with Crippen LogP contribution in [0.5, 0.6) is 0 Å². The van der Waals surface area contributed by atoms with Gasteiger partial charge in [0.25, 0.3) is 0 Å². The monoisotopic (exact) mass is 350 g/mol. The zero-order chi connectivity index (χ0) is 16.2. The fourth-order valence-electron chi connectivity index (χ4n) is 2.30. The molecule has 0 saturated carbocycles. The van der Waals surface area contributed by atoms with Gasteiger partial charge in [-0.15, -0.1) is 10.2 Å². The maximum absolute atomic E-state index is 12.2. The van der Waals surface area contributed by atoms with Gasteiger partial charge in [-0.3, -0.25) is 4.79 Å². The maximum atomic E-state index is 12.2. The molecule has 0 bridgehead atoms. The van der Waals surface area contributed by atoms with E-state index in [9.17, 15) is 4.79 Å². The van der Waals surface area contributed by atoms with Gasteiger partial charge in [-0.1, -0.05) is 23.1 Å². The van der Waals surface area contributed by atoms with Gasteiger partial charge in [0.1, 0.15) is 11.6 Å². The van der Waals surface area contributed by atoms with Crippen LogP contribution in [0.3, 0.4) is 0 Å². The lowest BCUT2D eigenvalue weighted by Gasteiger charge is -2.34. The molecule has 120 valence electrons. The first-order valence-electron chi connectivity index (χ1n) is 6.96. The van der Waals surface area contributed by atoms with Gasteiger partial charge < -0.3 is 14.2 Å². The highest BCUT2D eigenvalue weighted by atomic mass is 32.2. The Balaban J connectivity index is 1.53. The van der Waals surface area contributed by atoms with E-state index in [-0.39, 0.29) is 5.91 Å². The van der Waals surface area contributed by atoms with Crippen molar-refractivity contribution < 1.29 is 9.21 Å². The fraction of sp³-hybridized carbons (Fsp3) is 0.462. The topological polar surface area (TPSA) is 99.2 Å². The van der Waals surface area contributed by atoms with Gasteiger partial charge in [0.2, 0.25) is 17.5 Å². The number of anilines is 1. The van der Waals surface area contributed by atoms with Gasteiger partial charge in [0.15, 0.2) is 10.2 Å². The third kappa shape index (κ3) is 3.62. The summed E-state index contributed by atoms with van der Waals surface area (Å²) >= 11 is 2.83. The molecule has 0 N–H and O–H groups in total. The highest BCUT2D eigenvalue weighted by Crippen LogP contribution is 2.23. The summed E-state index contributed by atoms with van der Waals surface area (Å²) in [5, 5.41) is 16.7. The molecule has 0 atom stereocenters. The van der Waals surface area contributed by atoms with E-state index >= 15 is 0 Å². The minimum Gasteiger partial charge on any atom is -0.424 e. The summed E-state index contributed by atoms with van der Waals surface area (Å²) in [6.45, 7) is 4.16. The lowest BCUT2D eigenvalue weighted by Crippen LogP contribution is -2.49. The number of nitriles is 1. The molecule has 0 spiro atoms. The number of hydrogen-bond donors (Lipinski definition) is 0. The Morgan fingerprint density at radius 2 is 2.26 bits per heavy atom. The molecule has 2 aromatic rings. The Hall–Kier alpha value is -2.12. The molecular weight excluding hydrogens is 336 g/mol. The van der Waals surface area contributed by atoms with Crippen LogP contribution in [0.1, 0.15) is 11.6 Å². The zero-order valence-electron chi connectivity index (χ0n) is 12.4. The lowest BCUT2D eigenvalue weighted by atomic mass is 10.3. The predicted molar refractivity (Wildman–Crippen MR) is 85.4 cm³/mol. The summed E-state index contributed by atoms with van der Waals surface area (Å²) in [5.74, 6) is 1.42. The lowest BCUT2D eigenvalue weighted by molar-refractivity contribution is -0.128. The molecule has 1 amide bonds. The average Bonchev–Trinajstić information content (AvgIpc) is 3.22. The van der Waals surface area contributed by atoms with Gasteiger partial charge in [-0.25, -0.2) is 4.98 Å². The van der Waals surface area contributed by atoms with Crippen LogP contribution in [-0.2, 0) is 4.79 Å². The molecule has 1 aliphatic heterocycles. The smallest absolute Gasteiger partial charge is 0.234 e. The molecule has 3 heterocycles. The van der Waals surface area contributed by atoms with E-state index in [2.05, 4.69) is 15.2 Å². The van der Waals surface area contributed by atoms with E-state index in [0.29, 0.717) is 49.4 Å². The molecule has 1 saturated heterocycles. The first-order valence-corrected chi connectivity index (χ1v) is 8.83. The predicted octanol–water partition coefficient (Wildman–Crippen LogP) is 1.15. The van der Waals surface area contributed by atoms with Crippen molar-refractivity contribution in [1.29, 1.82) is 5.26 Å². The SMILES string of the molecule is Cc1nc(C#N)c(N2CCN(C(=O)CSc3nncs3)CC2)o1. The minimum atomic E-state index is 0.0825. The second-order valence-corrected chi connectivity index (χ2v) is 6.92. The van der Waals surface area contributed by atoms with E-state index in [1.54, 1.807) is 12.4 Å². The summed E-state index contributed by atoms with van der Waals surface area (Å²) in [7, 11) is 0. The number of oxazole rings is 1. The van der Waals surface area contributed by atoms with Crippen LogP contribution in [0.25, 0.3) is 0 Å². The second kappa shape index (κ2) is 6.97. The third-order valence-electron chi connectivity index (χ3n) is 3.40. The van der Waals surface area contributed by atoms with E-state index < -0.39 is 0 Å². The average molecular weight is 350 g/mol. The first kappa shape index (κ1) is 15.8. The van der Waals surface area contributed by atoms with Crippen molar-refractivity contribution in [3.8, 4) is 6.07 Å². The van der Waals surface area contributed by atoms with Crippen molar-refractivity contribution in [1.82, 2.24) is 20.1 Å². The van der Waals surface area contributed by atoms with Gasteiger partial charge in [-0.2, -0.15) is 5.26 Å². The highest BCUT2D eigenvalue weighted by Gasteiger charge is 2.25. The van der Waals surface area contributed by atoms with Crippen LogP contribution >= 0.6 is 23.1 Å². The summed E-state index contributed by atoms with van der Waals surface area (Å²) in [6, 6.07) is 2.04. The van der Waals surface area contributed by atoms with Crippen LogP contribution in [-0.4, -0.2) is 57.9 Å². The number of hydrogen-bond acceptors (Lipinski definition) is 9. The Morgan fingerprint density at radius 3 is 2.91 bits per heavy atom. The molecule has 10 heteroatoms. The Morgan fingerprint density at radius 1 is 1.48 bits per heavy atom. The molecule has 1 fully saturated rings. The molecule has 3 rings (SSSR count). The molecule has 8 nitrogen and oxygen atoms in total. The summed E-state index contributed by atoms with van der Waals surface area (Å²) in [4.78, 5) is 20.0. The van der Waals surface area contributed by atoms with Crippen LogP contribution in [0, 0.1) is 18.3 Å². The standard InChI is InChI=1S/C13H14N6O2S2/c1-9-16-10(6-14)12(21-9)19-4-2-18(3-5-19)11(20)7-22-13-17-15-8-23-13/h8H,2-5,7H2,1H3. The van der Waals surface area contributed by atoms with E-state index in [1.165, 1.54) is 23.1 Å². The van der Waals surface area contributed by atoms with Gasteiger partial charge >= 0.3 is 0 Å². The number of thioether (sulfide) groups is 1. The Kier molecular flexibility index (Phi) is 4.78.